The van der Waals surface area contributed by atoms with Crippen molar-refractivity contribution < 1.29 is 19.1 Å². The minimum Gasteiger partial charge on any atom is -0.376 e. The first-order valence-electron chi connectivity index (χ1n) is 11.7. The Bertz CT molecular complexity index is 1300. The van der Waals surface area contributed by atoms with E-state index in [2.05, 4.69) is 9.88 Å². The number of nitrogens with zero attached hydrogens (tertiary/aromatic N) is 2. The molecule has 0 spiro atoms. The Morgan fingerprint density at radius 2 is 1.91 bits per heavy atom. The first kappa shape index (κ1) is 22.3. The quantitative estimate of drug-likeness (QED) is 0.445. The summed E-state index contributed by atoms with van der Waals surface area (Å²) in [6.07, 6.45) is 2.22. The molecule has 2 aromatic carbocycles. The fraction of sp³-hybridized carbons (Fsp3) is 0.370. The highest BCUT2D eigenvalue weighted by molar-refractivity contribution is 6.12. The standard InChI is InChI=1S/C27H29N3O4/c1-17-14-22(18(2)29(17)15-20-10-7-13-34-20)24(31)16-30-25(32)27(3,28-26(30)33)23-12-6-9-19-8-4-5-11-21(19)23/h4-6,8-9,11-12,14,20H,7,10,13,15-16H2,1-3H3,(H,28,33). The van der Waals surface area contributed by atoms with Crippen LogP contribution < -0.4 is 5.32 Å². The van der Waals surface area contributed by atoms with Crippen molar-refractivity contribution in [3.05, 3.63) is 71.0 Å². The van der Waals surface area contributed by atoms with E-state index in [-0.39, 0.29) is 18.4 Å². The summed E-state index contributed by atoms with van der Waals surface area (Å²) < 4.78 is 7.85. The van der Waals surface area contributed by atoms with Crippen molar-refractivity contribution in [1.82, 2.24) is 14.8 Å². The molecule has 3 amide bonds. The van der Waals surface area contributed by atoms with Crippen molar-refractivity contribution in [1.29, 1.82) is 0 Å². The number of urea groups is 1. The second-order valence-electron chi connectivity index (χ2n) is 9.43. The first-order chi connectivity index (χ1) is 16.3. The molecular weight excluding hydrogens is 430 g/mol. The van der Waals surface area contributed by atoms with Crippen LogP contribution in [0.2, 0.25) is 0 Å². The number of imide groups is 1. The van der Waals surface area contributed by atoms with Crippen LogP contribution in [0.15, 0.2) is 48.5 Å². The van der Waals surface area contributed by atoms with Gasteiger partial charge in [-0.15, -0.1) is 0 Å². The Balaban J connectivity index is 1.40. The van der Waals surface area contributed by atoms with Crippen molar-refractivity contribution >= 4 is 28.5 Å². The molecule has 2 aliphatic heterocycles. The van der Waals surface area contributed by atoms with Gasteiger partial charge in [-0.2, -0.15) is 0 Å². The highest BCUT2D eigenvalue weighted by atomic mass is 16.5. The molecule has 0 saturated carbocycles. The zero-order valence-corrected chi connectivity index (χ0v) is 19.8. The molecule has 2 saturated heterocycles. The SMILES string of the molecule is Cc1cc(C(=O)CN2C(=O)NC(C)(c3cccc4ccccc34)C2=O)c(C)n1CC1CCCO1. The molecule has 0 bridgehead atoms. The van der Waals surface area contributed by atoms with E-state index in [4.69, 9.17) is 4.74 Å². The molecule has 1 aromatic heterocycles. The summed E-state index contributed by atoms with van der Waals surface area (Å²) in [5, 5.41) is 4.72. The van der Waals surface area contributed by atoms with Gasteiger partial charge in [0.2, 0.25) is 0 Å². The number of aromatic nitrogens is 1. The number of Topliss-reactive ketones (excluding diaryl/α,β-unsaturated/α-hetero) is 1. The van der Waals surface area contributed by atoms with E-state index in [0.29, 0.717) is 17.7 Å². The van der Waals surface area contributed by atoms with Gasteiger partial charge >= 0.3 is 6.03 Å². The third-order valence-electron chi connectivity index (χ3n) is 7.19. The average molecular weight is 460 g/mol. The van der Waals surface area contributed by atoms with Gasteiger partial charge in [0.1, 0.15) is 5.54 Å². The molecule has 2 atom stereocenters. The number of ether oxygens (including phenoxy) is 1. The molecule has 1 N–H and O–H groups in total. The predicted molar refractivity (Wildman–Crippen MR) is 129 cm³/mol. The fourth-order valence-electron chi connectivity index (χ4n) is 5.27. The molecule has 2 fully saturated rings. The second kappa shape index (κ2) is 8.40. The molecule has 2 unspecified atom stereocenters. The Morgan fingerprint density at radius 3 is 2.68 bits per heavy atom. The number of ketones is 1. The maximum atomic E-state index is 13.5. The van der Waals surface area contributed by atoms with E-state index in [1.807, 2.05) is 62.4 Å². The third-order valence-corrected chi connectivity index (χ3v) is 7.19. The van der Waals surface area contributed by atoms with Crippen LogP contribution in [0.4, 0.5) is 4.79 Å². The zero-order valence-electron chi connectivity index (χ0n) is 19.8. The molecule has 5 rings (SSSR count). The Labute approximate surface area is 198 Å². The van der Waals surface area contributed by atoms with E-state index in [1.54, 1.807) is 6.92 Å². The van der Waals surface area contributed by atoms with Crippen LogP contribution in [-0.2, 0) is 21.6 Å². The minimum absolute atomic E-state index is 0.153. The first-order valence-corrected chi connectivity index (χ1v) is 11.7. The van der Waals surface area contributed by atoms with Crippen LogP contribution in [0.5, 0.6) is 0 Å². The number of hydrogen-bond donors (Lipinski definition) is 1. The topological polar surface area (TPSA) is 80.6 Å². The van der Waals surface area contributed by atoms with Crippen LogP contribution in [0.3, 0.4) is 0 Å². The smallest absolute Gasteiger partial charge is 0.325 e. The zero-order chi connectivity index (χ0) is 24.0. The number of hydrogen-bond acceptors (Lipinski definition) is 4. The van der Waals surface area contributed by atoms with Gasteiger partial charge in [0.15, 0.2) is 5.78 Å². The summed E-state index contributed by atoms with van der Waals surface area (Å²) in [7, 11) is 0. The molecule has 7 heteroatoms. The number of rotatable bonds is 6. The van der Waals surface area contributed by atoms with Crippen molar-refractivity contribution in [3.63, 3.8) is 0 Å². The normalized spacial score (nSPS) is 22.6. The largest absolute Gasteiger partial charge is 0.376 e. The molecular formula is C27H29N3O4. The van der Waals surface area contributed by atoms with Gasteiger partial charge in [0.25, 0.3) is 5.91 Å². The Kier molecular flexibility index (Phi) is 5.52. The molecule has 3 aromatic rings. The number of fused-ring (bicyclic) bond motifs is 1. The molecule has 7 nitrogen and oxygen atoms in total. The van der Waals surface area contributed by atoms with E-state index in [0.717, 1.165) is 46.5 Å². The third kappa shape index (κ3) is 3.60. The number of nitrogens with one attached hydrogen (secondary N) is 1. The van der Waals surface area contributed by atoms with E-state index in [9.17, 15) is 14.4 Å². The van der Waals surface area contributed by atoms with Gasteiger partial charge in [-0.05, 0) is 56.0 Å². The lowest BCUT2D eigenvalue weighted by atomic mass is 9.88. The molecule has 3 heterocycles. The summed E-state index contributed by atoms with van der Waals surface area (Å²) in [5.74, 6) is -0.673. The minimum atomic E-state index is -1.24. The Morgan fingerprint density at radius 1 is 1.15 bits per heavy atom. The van der Waals surface area contributed by atoms with Crippen LogP contribution in [-0.4, -0.2) is 46.4 Å². The molecule has 176 valence electrons. The van der Waals surface area contributed by atoms with Crippen LogP contribution >= 0.6 is 0 Å². The van der Waals surface area contributed by atoms with Gasteiger partial charge in [-0.25, -0.2) is 4.79 Å². The number of carbonyl (C=O) groups is 3. The van der Waals surface area contributed by atoms with E-state index in [1.165, 1.54) is 0 Å². The summed E-state index contributed by atoms with van der Waals surface area (Å²) in [6.45, 7) is 6.75. The van der Waals surface area contributed by atoms with Gasteiger partial charge in [0, 0.05) is 30.1 Å². The van der Waals surface area contributed by atoms with Crippen LogP contribution in [0.25, 0.3) is 10.8 Å². The number of aryl methyl sites for hydroxylation is 1. The van der Waals surface area contributed by atoms with Gasteiger partial charge < -0.3 is 14.6 Å². The van der Waals surface area contributed by atoms with Crippen molar-refractivity contribution in [2.45, 2.75) is 51.8 Å². The molecule has 34 heavy (non-hydrogen) atoms. The lowest BCUT2D eigenvalue weighted by Gasteiger charge is -2.24. The van der Waals surface area contributed by atoms with Gasteiger partial charge in [0.05, 0.1) is 12.6 Å². The molecule has 0 radical (unpaired) electrons. The molecule has 0 aliphatic carbocycles. The van der Waals surface area contributed by atoms with Crippen molar-refractivity contribution in [3.8, 4) is 0 Å². The second-order valence-corrected chi connectivity index (χ2v) is 9.43. The van der Waals surface area contributed by atoms with Gasteiger partial charge in [-0.3, -0.25) is 14.5 Å². The van der Waals surface area contributed by atoms with Crippen LogP contribution in [0.1, 0.15) is 47.1 Å². The highest BCUT2D eigenvalue weighted by Gasteiger charge is 2.50. The van der Waals surface area contributed by atoms with Gasteiger partial charge in [-0.1, -0.05) is 42.5 Å². The summed E-state index contributed by atoms with van der Waals surface area (Å²) >= 11 is 0. The molecule has 2 aliphatic rings. The maximum Gasteiger partial charge on any atom is 0.325 e. The number of amides is 3. The maximum absolute atomic E-state index is 13.5. The Hall–Kier alpha value is -3.45. The average Bonchev–Trinajstić information content (AvgIpc) is 3.50. The van der Waals surface area contributed by atoms with E-state index < -0.39 is 17.5 Å². The lowest BCUT2D eigenvalue weighted by molar-refractivity contribution is -0.130. The number of benzene rings is 2. The van der Waals surface area contributed by atoms with Crippen molar-refractivity contribution in [2.75, 3.05) is 13.2 Å². The highest BCUT2D eigenvalue weighted by Crippen LogP contribution is 2.34. The lowest BCUT2D eigenvalue weighted by Crippen LogP contribution is -2.41. The summed E-state index contributed by atoms with van der Waals surface area (Å²) in [5.41, 5.74) is 1.81. The number of carbonyl (C=O) groups excluding carboxylic acids is 3. The monoisotopic (exact) mass is 459 g/mol. The van der Waals surface area contributed by atoms with E-state index >= 15 is 0 Å². The summed E-state index contributed by atoms with van der Waals surface area (Å²) in [6, 6.07) is 14.7. The predicted octanol–water partition coefficient (Wildman–Crippen LogP) is 4.09. The summed E-state index contributed by atoms with van der Waals surface area (Å²) in [4.78, 5) is 40.7. The fourth-order valence-corrected chi connectivity index (χ4v) is 5.27. The van der Waals surface area contributed by atoms with Crippen molar-refractivity contribution in [2.24, 2.45) is 0 Å². The van der Waals surface area contributed by atoms with Crippen LogP contribution in [0, 0.1) is 13.8 Å².